The number of esters is 1. The Kier molecular flexibility index (Phi) is 7.22. The van der Waals surface area contributed by atoms with Crippen LogP contribution in [0.5, 0.6) is 5.75 Å². The van der Waals surface area contributed by atoms with Crippen molar-refractivity contribution < 1.29 is 19.1 Å². The number of anilines is 1. The van der Waals surface area contributed by atoms with Crippen LogP contribution in [0.3, 0.4) is 0 Å². The first-order valence-electron chi connectivity index (χ1n) is 9.80. The quantitative estimate of drug-likeness (QED) is 0.121. The smallest absolute Gasteiger partial charge is 0.355 e. The Morgan fingerprint density at radius 3 is 2.32 bits per heavy atom. The Morgan fingerprint density at radius 2 is 1.59 bits per heavy atom. The van der Waals surface area contributed by atoms with Gasteiger partial charge < -0.3 is 10.1 Å². The minimum Gasteiger partial charge on any atom is -0.422 e. The molecule has 1 heterocycles. The average molecular weight is 512 g/mol. The molecular formula is C24H15Cl2N3O4S. The molecule has 0 fully saturated rings. The van der Waals surface area contributed by atoms with Crippen molar-refractivity contribution in [1.82, 2.24) is 5.43 Å². The molecule has 3 aromatic carbocycles. The molecule has 34 heavy (non-hydrogen) atoms. The van der Waals surface area contributed by atoms with Crippen molar-refractivity contribution in [2.45, 2.75) is 0 Å². The molecule has 0 unspecified atom stereocenters. The molecular weight excluding hydrogens is 497 g/mol. The monoisotopic (exact) mass is 511 g/mol. The van der Waals surface area contributed by atoms with E-state index in [1.54, 1.807) is 48.5 Å². The molecule has 0 aliphatic rings. The van der Waals surface area contributed by atoms with Crippen LogP contribution in [0.15, 0.2) is 77.9 Å². The molecule has 7 nitrogen and oxygen atoms in total. The van der Waals surface area contributed by atoms with Gasteiger partial charge in [-0.1, -0.05) is 53.5 Å². The van der Waals surface area contributed by atoms with E-state index in [4.69, 9.17) is 27.9 Å². The third-order valence-electron chi connectivity index (χ3n) is 4.52. The van der Waals surface area contributed by atoms with Crippen molar-refractivity contribution in [3.8, 4) is 5.75 Å². The molecule has 4 aromatic rings. The van der Waals surface area contributed by atoms with Crippen molar-refractivity contribution in [2.24, 2.45) is 5.10 Å². The molecule has 2 N–H and O–H groups in total. The number of hydrazone groups is 1. The summed E-state index contributed by atoms with van der Waals surface area (Å²) >= 11 is 13.5. The predicted molar refractivity (Wildman–Crippen MR) is 134 cm³/mol. The van der Waals surface area contributed by atoms with E-state index in [-0.39, 0.29) is 0 Å². The van der Waals surface area contributed by atoms with Crippen LogP contribution in [-0.4, -0.2) is 24.0 Å². The van der Waals surface area contributed by atoms with Gasteiger partial charge in [0.15, 0.2) is 0 Å². The van der Waals surface area contributed by atoms with E-state index in [1.165, 1.54) is 17.6 Å². The van der Waals surface area contributed by atoms with E-state index in [1.807, 2.05) is 24.3 Å². The van der Waals surface area contributed by atoms with Gasteiger partial charge in [-0.3, -0.25) is 9.59 Å². The number of thiophene rings is 1. The molecule has 0 radical (unpaired) electrons. The van der Waals surface area contributed by atoms with Gasteiger partial charge in [0.25, 0.3) is 0 Å². The average Bonchev–Trinajstić information content (AvgIpc) is 3.18. The zero-order chi connectivity index (χ0) is 24.1. The van der Waals surface area contributed by atoms with Crippen LogP contribution in [0.4, 0.5) is 5.69 Å². The van der Waals surface area contributed by atoms with Gasteiger partial charge in [-0.15, -0.1) is 11.3 Å². The maximum atomic E-state index is 12.5. The van der Waals surface area contributed by atoms with Gasteiger partial charge >= 0.3 is 17.8 Å². The fourth-order valence-corrected chi connectivity index (χ4v) is 4.45. The minimum atomic E-state index is -0.957. The summed E-state index contributed by atoms with van der Waals surface area (Å²) in [7, 11) is 0. The molecule has 170 valence electrons. The Labute approximate surface area is 207 Å². The van der Waals surface area contributed by atoms with Crippen LogP contribution >= 0.6 is 34.5 Å². The zero-order valence-corrected chi connectivity index (χ0v) is 19.6. The van der Waals surface area contributed by atoms with Crippen molar-refractivity contribution >= 4 is 74.3 Å². The number of fused-ring (bicyclic) bond motifs is 1. The first-order valence-corrected chi connectivity index (χ1v) is 11.4. The van der Waals surface area contributed by atoms with Gasteiger partial charge in [0, 0.05) is 10.1 Å². The van der Waals surface area contributed by atoms with Crippen molar-refractivity contribution in [2.75, 3.05) is 5.32 Å². The molecule has 0 bridgehead atoms. The van der Waals surface area contributed by atoms with Gasteiger partial charge in [0.2, 0.25) is 0 Å². The molecule has 0 aliphatic heterocycles. The Bertz CT molecular complexity index is 1420. The van der Waals surface area contributed by atoms with Crippen LogP contribution < -0.4 is 15.5 Å². The van der Waals surface area contributed by atoms with E-state index in [0.717, 1.165) is 10.1 Å². The summed E-state index contributed by atoms with van der Waals surface area (Å²) in [4.78, 5) is 36.7. The Balaban J connectivity index is 1.33. The van der Waals surface area contributed by atoms with E-state index in [2.05, 4.69) is 15.8 Å². The maximum Gasteiger partial charge on any atom is 0.355 e. The Hall–Kier alpha value is -3.72. The second kappa shape index (κ2) is 10.5. The zero-order valence-electron chi connectivity index (χ0n) is 17.2. The van der Waals surface area contributed by atoms with E-state index in [9.17, 15) is 14.4 Å². The van der Waals surface area contributed by atoms with Crippen LogP contribution in [0.1, 0.15) is 15.2 Å². The maximum absolute atomic E-state index is 12.5. The minimum absolute atomic E-state index is 0.308. The first kappa shape index (κ1) is 23.4. The lowest BCUT2D eigenvalue weighted by molar-refractivity contribution is -0.136. The lowest BCUT2D eigenvalue weighted by Crippen LogP contribution is -2.32. The highest BCUT2D eigenvalue weighted by Gasteiger charge is 2.19. The SMILES string of the molecule is O=C(N/N=C/c1ccc(OC(=O)c2sc3ccccc3c2Cl)cc1)C(=O)Nc1ccccc1Cl. The molecule has 0 saturated carbocycles. The van der Waals surface area contributed by atoms with E-state index >= 15 is 0 Å². The number of nitrogens with zero attached hydrogens (tertiary/aromatic N) is 1. The fourth-order valence-electron chi connectivity index (χ4n) is 2.88. The number of amides is 2. The molecule has 10 heteroatoms. The normalized spacial score (nSPS) is 10.9. The summed E-state index contributed by atoms with van der Waals surface area (Å²) in [5, 5.41) is 7.63. The number of hydrogen-bond donors (Lipinski definition) is 2. The lowest BCUT2D eigenvalue weighted by atomic mass is 10.2. The Morgan fingerprint density at radius 1 is 0.882 bits per heavy atom. The molecule has 1 aromatic heterocycles. The number of hydrogen-bond acceptors (Lipinski definition) is 6. The molecule has 0 spiro atoms. The number of ether oxygens (including phenoxy) is 1. The molecule has 0 aliphatic carbocycles. The topological polar surface area (TPSA) is 96.9 Å². The number of para-hydroxylation sites is 1. The summed E-state index contributed by atoms with van der Waals surface area (Å²) in [6.07, 6.45) is 1.34. The number of rotatable bonds is 5. The molecule has 2 amide bonds. The summed E-state index contributed by atoms with van der Waals surface area (Å²) in [6.45, 7) is 0. The van der Waals surface area contributed by atoms with Crippen molar-refractivity contribution in [1.29, 1.82) is 0 Å². The largest absolute Gasteiger partial charge is 0.422 e. The first-order chi connectivity index (χ1) is 16.4. The lowest BCUT2D eigenvalue weighted by Gasteiger charge is -2.05. The number of benzene rings is 3. The van der Waals surface area contributed by atoms with Crippen LogP contribution in [0.25, 0.3) is 10.1 Å². The third kappa shape index (κ3) is 5.43. The van der Waals surface area contributed by atoms with Crippen molar-refractivity contribution in [3.63, 3.8) is 0 Å². The van der Waals surface area contributed by atoms with Crippen LogP contribution in [-0.2, 0) is 9.59 Å². The highest BCUT2D eigenvalue weighted by Crippen LogP contribution is 2.35. The van der Waals surface area contributed by atoms with Crippen molar-refractivity contribution in [3.05, 3.63) is 93.3 Å². The molecule has 0 atom stereocenters. The van der Waals surface area contributed by atoms with E-state index in [0.29, 0.717) is 31.9 Å². The van der Waals surface area contributed by atoms with Crippen LogP contribution in [0.2, 0.25) is 10.0 Å². The van der Waals surface area contributed by atoms with Gasteiger partial charge in [-0.25, -0.2) is 10.2 Å². The summed E-state index contributed by atoms with van der Waals surface area (Å²) in [6, 6.07) is 20.4. The summed E-state index contributed by atoms with van der Waals surface area (Å²) in [5.41, 5.74) is 3.05. The predicted octanol–water partition coefficient (Wildman–Crippen LogP) is 5.52. The number of carbonyl (C=O) groups is 3. The van der Waals surface area contributed by atoms with Gasteiger partial charge in [-0.05, 0) is 48.0 Å². The summed E-state index contributed by atoms with van der Waals surface area (Å²) in [5.74, 6) is -2.10. The highest BCUT2D eigenvalue weighted by molar-refractivity contribution is 7.21. The standard InChI is InChI=1S/C24H15Cl2N3O4S/c25-17-6-2-3-7-18(17)28-22(30)23(31)29-27-13-14-9-11-15(12-10-14)33-24(32)21-20(26)16-5-1-4-8-19(16)34-21/h1-13H,(H,28,30)(H,29,31)/b27-13+. The number of carbonyl (C=O) groups excluding carboxylic acids is 3. The van der Waals surface area contributed by atoms with Gasteiger partial charge in [0.1, 0.15) is 10.6 Å². The number of nitrogens with one attached hydrogen (secondary N) is 2. The second-order valence-corrected chi connectivity index (χ2v) is 8.67. The molecule has 4 rings (SSSR count). The summed E-state index contributed by atoms with van der Waals surface area (Å²) < 4.78 is 6.31. The van der Waals surface area contributed by atoms with Crippen LogP contribution in [0, 0.1) is 0 Å². The second-order valence-electron chi connectivity index (χ2n) is 6.83. The number of halogens is 2. The van der Waals surface area contributed by atoms with E-state index < -0.39 is 17.8 Å². The highest BCUT2D eigenvalue weighted by atomic mass is 35.5. The third-order valence-corrected chi connectivity index (χ3v) is 6.50. The van der Waals surface area contributed by atoms with Gasteiger partial charge in [0.05, 0.1) is 21.9 Å². The molecule has 0 saturated heterocycles. The van der Waals surface area contributed by atoms with Gasteiger partial charge in [-0.2, -0.15) is 5.10 Å². The fraction of sp³-hybridized carbons (Fsp3) is 0.